The van der Waals surface area contributed by atoms with Gasteiger partial charge in [0, 0.05) is 12.6 Å². The highest BCUT2D eigenvalue weighted by Gasteiger charge is 2.23. The van der Waals surface area contributed by atoms with Crippen LogP contribution < -0.4 is 15.4 Å². The minimum Gasteiger partial charge on any atom is -0.497 e. The van der Waals surface area contributed by atoms with Crippen LogP contribution in [0.15, 0.2) is 18.2 Å². The minimum absolute atomic E-state index is 0. The maximum atomic E-state index is 13.5. The van der Waals surface area contributed by atoms with E-state index in [4.69, 9.17) is 4.74 Å². The van der Waals surface area contributed by atoms with Crippen molar-refractivity contribution in [3.8, 4) is 5.75 Å². The van der Waals surface area contributed by atoms with Crippen LogP contribution in [0, 0.1) is 11.7 Å². The number of hydrogen-bond acceptors (Lipinski definition) is 3. The highest BCUT2D eigenvalue weighted by Crippen LogP contribution is 2.22. The van der Waals surface area contributed by atoms with Crippen LogP contribution in [0.5, 0.6) is 5.75 Å². The van der Waals surface area contributed by atoms with Crippen molar-refractivity contribution in [1.29, 1.82) is 0 Å². The standard InChI is InChI=1S/C12H15FN2O2.ClH/c1-17-9-2-3-10(13)11(6-9)15-12(16)8-4-5-14-7-8;/h2-3,6,8,14H,4-5,7H2,1H3,(H,15,16);1H. The maximum absolute atomic E-state index is 13.5. The summed E-state index contributed by atoms with van der Waals surface area (Å²) in [6, 6.07) is 4.28. The van der Waals surface area contributed by atoms with Crippen LogP contribution in [0.25, 0.3) is 0 Å². The SMILES string of the molecule is COc1ccc(F)c(NC(=O)C2CCNC2)c1.Cl. The van der Waals surface area contributed by atoms with Gasteiger partial charge in [0.2, 0.25) is 5.91 Å². The normalized spacial score (nSPS) is 18.0. The van der Waals surface area contributed by atoms with Crippen molar-refractivity contribution in [1.82, 2.24) is 5.32 Å². The van der Waals surface area contributed by atoms with Crippen molar-refractivity contribution in [2.75, 3.05) is 25.5 Å². The molecule has 1 aliphatic rings. The highest BCUT2D eigenvalue weighted by atomic mass is 35.5. The summed E-state index contributed by atoms with van der Waals surface area (Å²) in [7, 11) is 1.50. The number of halogens is 2. The van der Waals surface area contributed by atoms with E-state index in [9.17, 15) is 9.18 Å². The Labute approximate surface area is 111 Å². The highest BCUT2D eigenvalue weighted by molar-refractivity contribution is 5.93. The number of methoxy groups -OCH3 is 1. The summed E-state index contributed by atoms with van der Waals surface area (Å²) in [5.41, 5.74) is 0.168. The maximum Gasteiger partial charge on any atom is 0.228 e. The smallest absolute Gasteiger partial charge is 0.228 e. The average Bonchev–Trinajstić information content (AvgIpc) is 2.85. The lowest BCUT2D eigenvalue weighted by Crippen LogP contribution is -2.25. The van der Waals surface area contributed by atoms with Crippen molar-refractivity contribution in [3.63, 3.8) is 0 Å². The second-order valence-corrected chi connectivity index (χ2v) is 4.02. The number of carbonyl (C=O) groups excluding carboxylic acids is 1. The number of amides is 1. The Hall–Kier alpha value is -1.33. The molecule has 0 radical (unpaired) electrons. The molecule has 0 bridgehead atoms. The Bertz CT molecular complexity index is 423. The molecular formula is C12H16ClFN2O2. The van der Waals surface area contributed by atoms with Gasteiger partial charge in [-0.1, -0.05) is 0 Å². The predicted molar refractivity (Wildman–Crippen MR) is 69.8 cm³/mol. The van der Waals surface area contributed by atoms with Crippen molar-refractivity contribution >= 4 is 24.0 Å². The molecular weight excluding hydrogens is 259 g/mol. The number of nitrogens with one attached hydrogen (secondary N) is 2. The van der Waals surface area contributed by atoms with E-state index < -0.39 is 5.82 Å². The van der Waals surface area contributed by atoms with E-state index >= 15 is 0 Å². The third-order valence-corrected chi connectivity index (χ3v) is 2.86. The Morgan fingerprint density at radius 3 is 2.94 bits per heavy atom. The summed E-state index contributed by atoms with van der Waals surface area (Å²) in [4.78, 5) is 11.8. The van der Waals surface area contributed by atoms with Crippen LogP contribution in [-0.2, 0) is 4.79 Å². The number of hydrogen-bond donors (Lipinski definition) is 2. The zero-order valence-corrected chi connectivity index (χ0v) is 10.8. The fourth-order valence-corrected chi connectivity index (χ4v) is 1.84. The van der Waals surface area contributed by atoms with Gasteiger partial charge in [0.1, 0.15) is 11.6 Å². The predicted octanol–water partition coefficient (Wildman–Crippen LogP) is 1.80. The molecule has 0 spiro atoms. The quantitative estimate of drug-likeness (QED) is 0.884. The van der Waals surface area contributed by atoms with E-state index in [0.29, 0.717) is 12.3 Å². The Morgan fingerprint density at radius 1 is 1.56 bits per heavy atom. The summed E-state index contributed by atoms with van der Waals surface area (Å²) >= 11 is 0. The van der Waals surface area contributed by atoms with Crippen LogP contribution in [0.3, 0.4) is 0 Å². The lowest BCUT2D eigenvalue weighted by Gasteiger charge is -2.11. The number of ether oxygens (including phenoxy) is 1. The first-order chi connectivity index (χ1) is 8.20. The van der Waals surface area contributed by atoms with E-state index in [0.717, 1.165) is 13.0 Å². The zero-order valence-electron chi connectivity index (χ0n) is 10.0. The molecule has 1 fully saturated rings. The van der Waals surface area contributed by atoms with Crippen LogP contribution in [0.2, 0.25) is 0 Å². The van der Waals surface area contributed by atoms with E-state index in [1.807, 2.05) is 0 Å². The van der Waals surface area contributed by atoms with Crippen LogP contribution in [-0.4, -0.2) is 26.1 Å². The molecule has 2 N–H and O–H groups in total. The van der Waals surface area contributed by atoms with E-state index in [2.05, 4.69) is 10.6 Å². The van der Waals surface area contributed by atoms with E-state index in [1.165, 1.54) is 25.3 Å². The van der Waals surface area contributed by atoms with Crippen molar-refractivity contribution in [2.45, 2.75) is 6.42 Å². The minimum atomic E-state index is -0.454. The molecule has 1 unspecified atom stereocenters. The van der Waals surface area contributed by atoms with Crippen molar-refractivity contribution in [2.24, 2.45) is 5.92 Å². The molecule has 6 heteroatoms. The van der Waals surface area contributed by atoms with Crippen LogP contribution in [0.4, 0.5) is 10.1 Å². The third kappa shape index (κ3) is 3.34. The summed E-state index contributed by atoms with van der Waals surface area (Å²) in [5, 5.41) is 5.69. The second kappa shape index (κ2) is 6.56. The first kappa shape index (κ1) is 14.7. The molecule has 1 aliphatic heterocycles. The van der Waals surface area contributed by atoms with E-state index in [1.54, 1.807) is 0 Å². The molecule has 1 heterocycles. The summed E-state index contributed by atoms with van der Waals surface area (Å²) in [6.07, 6.45) is 0.789. The Morgan fingerprint density at radius 2 is 2.33 bits per heavy atom. The molecule has 0 saturated carbocycles. The average molecular weight is 275 g/mol. The fraction of sp³-hybridized carbons (Fsp3) is 0.417. The molecule has 1 aromatic rings. The number of benzene rings is 1. The molecule has 1 saturated heterocycles. The van der Waals surface area contributed by atoms with Gasteiger partial charge in [0.25, 0.3) is 0 Å². The zero-order chi connectivity index (χ0) is 12.3. The first-order valence-corrected chi connectivity index (χ1v) is 5.56. The topological polar surface area (TPSA) is 50.4 Å². The van der Waals surface area contributed by atoms with Gasteiger partial charge < -0.3 is 15.4 Å². The number of anilines is 1. The van der Waals surface area contributed by atoms with Crippen LogP contribution >= 0.6 is 12.4 Å². The summed E-state index contributed by atoms with van der Waals surface area (Å²) in [5.74, 6) is -0.167. The molecule has 1 atom stereocenters. The largest absolute Gasteiger partial charge is 0.497 e. The molecule has 0 aromatic heterocycles. The molecule has 2 rings (SSSR count). The van der Waals surface area contributed by atoms with Crippen molar-refractivity contribution in [3.05, 3.63) is 24.0 Å². The van der Waals surface area contributed by atoms with Gasteiger partial charge in [-0.3, -0.25) is 4.79 Å². The first-order valence-electron chi connectivity index (χ1n) is 5.56. The summed E-state index contributed by atoms with van der Waals surface area (Å²) < 4.78 is 18.5. The molecule has 100 valence electrons. The van der Waals surface area contributed by atoms with Gasteiger partial charge in [0.05, 0.1) is 18.7 Å². The number of rotatable bonds is 3. The second-order valence-electron chi connectivity index (χ2n) is 4.02. The molecule has 18 heavy (non-hydrogen) atoms. The Balaban J connectivity index is 0.00000162. The van der Waals surface area contributed by atoms with Gasteiger partial charge in [0.15, 0.2) is 0 Å². The van der Waals surface area contributed by atoms with Gasteiger partial charge in [-0.05, 0) is 25.1 Å². The van der Waals surface area contributed by atoms with E-state index in [-0.39, 0.29) is 29.9 Å². The molecule has 1 amide bonds. The third-order valence-electron chi connectivity index (χ3n) is 2.86. The monoisotopic (exact) mass is 274 g/mol. The Kier molecular flexibility index (Phi) is 5.37. The molecule has 1 aromatic carbocycles. The molecule has 0 aliphatic carbocycles. The van der Waals surface area contributed by atoms with Crippen LogP contribution in [0.1, 0.15) is 6.42 Å². The number of carbonyl (C=O) groups is 1. The van der Waals surface area contributed by atoms with Gasteiger partial charge in [-0.25, -0.2) is 4.39 Å². The van der Waals surface area contributed by atoms with Gasteiger partial charge >= 0.3 is 0 Å². The van der Waals surface area contributed by atoms with Crippen molar-refractivity contribution < 1.29 is 13.9 Å². The summed E-state index contributed by atoms with van der Waals surface area (Å²) in [6.45, 7) is 1.48. The van der Waals surface area contributed by atoms with Gasteiger partial charge in [-0.2, -0.15) is 0 Å². The lowest BCUT2D eigenvalue weighted by atomic mass is 10.1. The fourth-order valence-electron chi connectivity index (χ4n) is 1.84. The molecule has 4 nitrogen and oxygen atoms in total. The van der Waals surface area contributed by atoms with Gasteiger partial charge in [-0.15, -0.1) is 12.4 Å². The lowest BCUT2D eigenvalue weighted by molar-refractivity contribution is -0.119.